The van der Waals surface area contributed by atoms with Crippen LogP contribution in [0.25, 0.3) is 0 Å². The average molecular weight is 312 g/mol. The van der Waals surface area contributed by atoms with Crippen LogP contribution >= 0.6 is 11.3 Å². The molecule has 118 valence electrons. The fourth-order valence-electron chi connectivity index (χ4n) is 2.01. The van der Waals surface area contributed by atoms with Crippen LogP contribution in [0.3, 0.4) is 0 Å². The molecule has 1 heterocycles. The SMILES string of the molecule is CCC(C)CN(CC)C(=O)Nc1sc(C)c(C)c1C(=O)O. The molecule has 0 aromatic carbocycles. The van der Waals surface area contributed by atoms with Crippen LogP contribution in [0.5, 0.6) is 0 Å². The highest BCUT2D eigenvalue weighted by molar-refractivity contribution is 7.16. The number of carbonyl (C=O) groups excluding carboxylic acids is 1. The van der Waals surface area contributed by atoms with Gasteiger partial charge in [-0.3, -0.25) is 5.32 Å². The summed E-state index contributed by atoms with van der Waals surface area (Å²) in [5, 5.41) is 12.5. The number of nitrogens with one attached hydrogen (secondary N) is 1. The predicted molar refractivity (Wildman–Crippen MR) is 86.5 cm³/mol. The number of nitrogens with zero attached hydrogens (tertiary/aromatic N) is 1. The minimum atomic E-state index is -1.00. The van der Waals surface area contributed by atoms with E-state index in [1.54, 1.807) is 11.8 Å². The van der Waals surface area contributed by atoms with Gasteiger partial charge in [0, 0.05) is 18.0 Å². The second kappa shape index (κ2) is 7.45. The van der Waals surface area contributed by atoms with Crippen LogP contribution in [-0.2, 0) is 0 Å². The molecule has 0 spiro atoms. The summed E-state index contributed by atoms with van der Waals surface area (Å²) in [7, 11) is 0. The van der Waals surface area contributed by atoms with Crippen molar-refractivity contribution in [3.63, 3.8) is 0 Å². The van der Waals surface area contributed by atoms with Gasteiger partial charge in [-0.15, -0.1) is 11.3 Å². The average Bonchev–Trinajstić information content (AvgIpc) is 2.70. The Morgan fingerprint density at radius 3 is 2.43 bits per heavy atom. The Kier molecular flexibility index (Phi) is 6.20. The third kappa shape index (κ3) is 4.20. The fraction of sp³-hybridized carbons (Fsp3) is 0.600. The maximum absolute atomic E-state index is 12.3. The minimum Gasteiger partial charge on any atom is -0.478 e. The standard InChI is InChI=1S/C15H24N2O3S/c1-6-9(3)8-17(7-2)15(20)16-13-12(14(18)19)10(4)11(5)21-13/h9H,6-8H2,1-5H3,(H,16,20)(H,18,19). The van der Waals surface area contributed by atoms with Crippen molar-refractivity contribution in [1.29, 1.82) is 0 Å². The zero-order valence-electron chi connectivity index (χ0n) is 13.3. The molecule has 1 aromatic heterocycles. The van der Waals surface area contributed by atoms with E-state index in [-0.39, 0.29) is 11.6 Å². The Bertz CT molecular complexity index is 525. The van der Waals surface area contributed by atoms with E-state index in [2.05, 4.69) is 19.2 Å². The summed E-state index contributed by atoms with van der Waals surface area (Å²) in [6, 6.07) is -0.235. The van der Waals surface area contributed by atoms with Gasteiger partial charge in [0.15, 0.2) is 0 Å². The minimum absolute atomic E-state index is 0.199. The van der Waals surface area contributed by atoms with Crippen molar-refractivity contribution in [2.24, 2.45) is 5.92 Å². The van der Waals surface area contributed by atoms with Crippen LogP contribution in [0.4, 0.5) is 9.80 Å². The van der Waals surface area contributed by atoms with Crippen LogP contribution < -0.4 is 5.32 Å². The van der Waals surface area contributed by atoms with Crippen molar-refractivity contribution in [1.82, 2.24) is 4.90 Å². The zero-order chi connectivity index (χ0) is 16.2. The molecule has 1 unspecified atom stereocenters. The normalized spacial score (nSPS) is 12.0. The topological polar surface area (TPSA) is 69.6 Å². The Balaban J connectivity index is 2.92. The molecule has 0 aliphatic carbocycles. The Hall–Kier alpha value is -1.56. The van der Waals surface area contributed by atoms with Gasteiger partial charge in [0.25, 0.3) is 0 Å². The molecule has 0 aliphatic rings. The Labute approximate surface area is 130 Å². The van der Waals surface area contributed by atoms with Gasteiger partial charge < -0.3 is 10.0 Å². The number of aromatic carboxylic acids is 1. The highest BCUT2D eigenvalue weighted by Crippen LogP contribution is 2.32. The van der Waals surface area contributed by atoms with Crippen LogP contribution in [0.15, 0.2) is 0 Å². The summed E-state index contributed by atoms with van der Waals surface area (Å²) in [5.74, 6) is -0.585. The highest BCUT2D eigenvalue weighted by atomic mass is 32.1. The summed E-state index contributed by atoms with van der Waals surface area (Å²) < 4.78 is 0. The molecule has 0 saturated carbocycles. The third-order valence-corrected chi connectivity index (χ3v) is 4.84. The van der Waals surface area contributed by atoms with Crippen molar-refractivity contribution < 1.29 is 14.7 Å². The van der Waals surface area contributed by atoms with Gasteiger partial charge in [0.2, 0.25) is 0 Å². The molecule has 1 aromatic rings. The van der Waals surface area contributed by atoms with E-state index in [4.69, 9.17) is 0 Å². The lowest BCUT2D eigenvalue weighted by Gasteiger charge is -2.24. The quantitative estimate of drug-likeness (QED) is 0.835. The van der Waals surface area contributed by atoms with Crippen molar-refractivity contribution in [3.8, 4) is 0 Å². The monoisotopic (exact) mass is 312 g/mol. The molecule has 0 saturated heterocycles. The maximum Gasteiger partial charge on any atom is 0.338 e. The van der Waals surface area contributed by atoms with Crippen molar-refractivity contribution in [2.75, 3.05) is 18.4 Å². The number of carbonyl (C=O) groups is 2. The number of anilines is 1. The number of aryl methyl sites for hydroxylation is 1. The van der Waals surface area contributed by atoms with Gasteiger partial charge in [-0.2, -0.15) is 0 Å². The number of hydrogen-bond acceptors (Lipinski definition) is 3. The molecule has 5 nitrogen and oxygen atoms in total. The smallest absolute Gasteiger partial charge is 0.338 e. The first-order valence-electron chi connectivity index (χ1n) is 7.20. The number of carboxylic acid groups (broad SMARTS) is 1. The second-order valence-corrected chi connectivity index (χ2v) is 6.50. The van der Waals surface area contributed by atoms with E-state index >= 15 is 0 Å². The van der Waals surface area contributed by atoms with Crippen LogP contribution in [0.1, 0.15) is 48.0 Å². The molecular weight excluding hydrogens is 288 g/mol. The van der Waals surface area contributed by atoms with E-state index in [1.165, 1.54) is 11.3 Å². The summed E-state index contributed by atoms with van der Waals surface area (Å²) in [5.41, 5.74) is 0.915. The molecule has 0 bridgehead atoms. The van der Waals surface area contributed by atoms with Crippen LogP contribution in [-0.4, -0.2) is 35.1 Å². The Morgan fingerprint density at radius 1 is 1.33 bits per heavy atom. The predicted octanol–water partition coefficient (Wildman–Crippen LogP) is 3.96. The number of rotatable bonds is 6. The number of hydrogen-bond donors (Lipinski definition) is 2. The number of amides is 2. The molecule has 1 rings (SSSR count). The molecule has 2 N–H and O–H groups in total. The summed E-state index contributed by atoms with van der Waals surface area (Å²) >= 11 is 1.31. The van der Waals surface area contributed by atoms with Crippen LogP contribution in [0.2, 0.25) is 0 Å². The molecule has 6 heteroatoms. The second-order valence-electron chi connectivity index (χ2n) is 5.27. The lowest BCUT2D eigenvalue weighted by molar-refractivity contribution is 0.0697. The summed E-state index contributed by atoms with van der Waals surface area (Å²) in [6.45, 7) is 11.0. The zero-order valence-corrected chi connectivity index (χ0v) is 14.1. The number of carboxylic acids is 1. The van der Waals surface area contributed by atoms with E-state index in [0.29, 0.717) is 29.6 Å². The van der Waals surface area contributed by atoms with Gasteiger partial charge in [0.05, 0.1) is 5.56 Å². The van der Waals surface area contributed by atoms with Gasteiger partial charge in [-0.05, 0) is 32.3 Å². The number of urea groups is 1. The van der Waals surface area contributed by atoms with Crippen molar-refractivity contribution in [2.45, 2.75) is 41.0 Å². The summed E-state index contributed by atoms with van der Waals surface area (Å²) in [4.78, 5) is 26.3. The Morgan fingerprint density at radius 2 is 1.95 bits per heavy atom. The van der Waals surface area contributed by atoms with Crippen LogP contribution in [0, 0.1) is 19.8 Å². The van der Waals surface area contributed by atoms with Crippen molar-refractivity contribution >= 4 is 28.3 Å². The molecule has 2 amide bonds. The van der Waals surface area contributed by atoms with E-state index < -0.39 is 5.97 Å². The van der Waals surface area contributed by atoms with E-state index in [0.717, 1.165) is 11.3 Å². The van der Waals surface area contributed by atoms with E-state index in [9.17, 15) is 14.7 Å². The van der Waals surface area contributed by atoms with Gasteiger partial charge in [-0.1, -0.05) is 20.3 Å². The van der Waals surface area contributed by atoms with Gasteiger partial charge >= 0.3 is 12.0 Å². The molecular formula is C15H24N2O3S. The molecule has 21 heavy (non-hydrogen) atoms. The lowest BCUT2D eigenvalue weighted by atomic mass is 10.1. The molecule has 0 fully saturated rings. The lowest BCUT2D eigenvalue weighted by Crippen LogP contribution is -2.37. The first-order chi connectivity index (χ1) is 9.81. The fourth-order valence-corrected chi connectivity index (χ4v) is 3.05. The maximum atomic E-state index is 12.3. The molecule has 1 atom stereocenters. The highest BCUT2D eigenvalue weighted by Gasteiger charge is 2.22. The van der Waals surface area contributed by atoms with Gasteiger partial charge in [0.1, 0.15) is 5.00 Å². The van der Waals surface area contributed by atoms with E-state index in [1.807, 2.05) is 13.8 Å². The summed E-state index contributed by atoms with van der Waals surface area (Å²) in [6.07, 6.45) is 1.00. The van der Waals surface area contributed by atoms with Crippen molar-refractivity contribution in [3.05, 3.63) is 16.0 Å². The number of thiophene rings is 1. The molecule has 0 aliphatic heterocycles. The third-order valence-electron chi connectivity index (χ3n) is 3.72. The molecule has 0 radical (unpaired) electrons. The first-order valence-corrected chi connectivity index (χ1v) is 8.02. The first kappa shape index (κ1) is 17.5. The largest absolute Gasteiger partial charge is 0.478 e. The van der Waals surface area contributed by atoms with Gasteiger partial charge in [-0.25, -0.2) is 9.59 Å².